The molecule has 0 saturated heterocycles. The van der Waals surface area contributed by atoms with Gasteiger partial charge in [0.1, 0.15) is 5.75 Å². The third kappa shape index (κ3) is 4.39. The molecule has 7 nitrogen and oxygen atoms in total. The van der Waals surface area contributed by atoms with Crippen molar-refractivity contribution in [2.45, 2.75) is 13.8 Å². The van der Waals surface area contributed by atoms with Crippen LogP contribution in [0.5, 0.6) is 5.75 Å². The molecule has 2 heterocycles. The number of benzene rings is 2. The van der Waals surface area contributed by atoms with E-state index in [9.17, 15) is 9.59 Å². The molecule has 1 aliphatic heterocycles. The van der Waals surface area contributed by atoms with Crippen LogP contribution in [0.2, 0.25) is 0 Å². The van der Waals surface area contributed by atoms with Gasteiger partial charge >= 0.3 is 5.97 Å². The zero-order valence-electron chi connectivity index (χ0n) is 17.2. The number of carbonyl (C=O) groups is 2. The van der Waals surface area contributed by atoms with Gasteiger partial charge in [0.05, 0.1) is 18.5 Å². The van der Waals surface area contributed by atoms with Gasteiger partial charge in [0, 0.05) is 23.9 Å². The lowest BCUT2D eigenvalue weighted by molar-refractivity contribution is -0.130. The zero-order valence-corrected chi connectivity index (χ0v) is 18.0. The second-order valence-corrected chi connectivity index (χ2v) is 7.65. The first-order valence-electron chi connectivity index (χ1n) is 9.44. The van der Waals surface area contributed by atoms with Gasteiger partial charge in [-0.05, 0) is 37.3 Å². The molecule has 1 amide bonds. The number of ether oxygens (including phenoxy) is 2. The second kappa shape index (κ2) is 8.53. The summed E-state index contributed by atoms with van der Waals surface area (Å²) in [7, 11) is 1.57. The fourth-order valence-electron chi connectivity index (χ4n) is 2.99. The van der Waals surface area contributed by atoms with E-state index in [1.807, 2.05) is 31.2 Å². The van der Waals surface area contributed by atoms with E-state index < -0.39 is 5.97 Å². The smallest absolute Gasteiger partial charge is 0.363 e. The van der Waals surface area contributed by atoms with Crippen LogP contribution in [0.15, 0.2) is 64.6 Å². The molecule has 0 N–H and O–H groups in total. The highest BCUT2D eigenvalue weighted by Gasteiger charge is 2.25. The van der Waals surface area contributed by atoms with Crippen molar-refractivity contribution in [3.8, 4) is 5.75 Å². The molecular formula is C23H19N3O4S. The first kappa shape index (κ1) is 20.5. The minimum Gasteiger partial charge on any atom is -0.497 e. The number of carbonyl (C=O) groups excluding carboxylic acids is 2. The van der Waals surface area contributed by atoms with Crippen LogP contribution in [0.25, 0.3) is 6.08 Å². The highest BCUT2D eigenvalue weighted by molar-refractivity contribution is 7.14. The predicted octanol–water partition coefficient (Wildman–Crippen LogP) is 4.49. The fraction of sp³-hybridized carbons (Fsp3) is 0.130. The van der Waals surface area contributed by atoms with E-state index in [0.29, 0.717) is 22.3 Å². The van der Waals surface area contributed by atoms with E-state index in [4.69, 9.17) is 9.47 Å². The van der Waals surface area contributed by atoms with E-state index >= 15 is 0 Å². The molecule has 0 unspecified atom stereocenters. The molecule has 0 fully saturated rings. The quantitative estimate of drug-likeness (QED) is 0.437. The van der Waals surface area contributed by atoms with Crippen LogP contribution in [0.4, 0.5) is 10.8 Å². The summed E-state index contributed by atoms with van der Waals surface area (Å²) < 4.78 is 10.5. The number of aryl methyl sites for hydroxylation is 1. The van der Waals surface area contributed by atoms with E-state index in [1.165, 1.54) is 23.2 Å². The van der Waals surface area contributed by atoms with Crippen molar-refractivity contribution in [1.82, 2.24) is 4.98 Å². The monoisotopic (exact) mass is 433 g/mol. The fourth-order valence-corrected chi connectivity index (χ4v) is 3.83. The van der Waals surface area contributed by atoms with Crippen molar-refractivity contribution in [3.05, 3.63) is 76.4 Å². The normalized spacial score (nSPS) is 14.4. The summed E-state index contributed by atoms with van der Waals surface area (Å²) in [6, 6.07) is 14.7. The number of nitrogens with zero attached hydrogens (tertiary/aromatic N) is 3. The number of thiazole rings is 1. The lowest BCUT2D eigenvalue weighted by Crippen LogP contribution is -2.22. The highest BCUT2D eigenvalue weighted by atomic mass is 32.1. The SMILES string of the molecule is COc1cccc(N(C(C)=O)c2nc(C=C3N=C(c4ccc(C)cc4)OC3=O)cs2)c1. The molecule has 0 aliphatic carbocycles. The van der Waals surface area contributed by atoms with Gasteiger partial charge < -0.3 is 9.47 Å². The van der Waals surface area contributed by atoms with Gasteiger partial charge in [0.15, 0.2) is 10.8 Å². The first-order chi connectivity index (χ1) is 14.9. The van der Waals surface area contributed by atoms with Crippen molar-refractivity contribution >= 4 is 46.0 Å². The number of amides is 1. The largest absolute Gasteiger partial charge is 0.497 e. The maximum atomic E-state index is 12.3. The van der Waals surface area contributed by atoms with Crippen molar-refractivity contribution < 1.29 is 19.1 Å². The molecule has 0 atom stereocenters. The standard InChI is InChI=1S/C23H19N3O4S/c1-14-7-9-16(10-8-14)21-25-20(22(28)30-21)11-17-13-31-23(24-17)26(15(2)27)18-5-4-6-19(12-18)29-3/h4-13H,1-3H3. The highest BCUT2D eigenvalue weighted by Crippen LogP contribution is 2.32. The Kier molecular flexibility index (Phi) is 5.64. The Bertz CT molecular complexity index is 1210. The minimum absolute atomic E-state index is 0.156. The number of cyclic esters (lactones) is 1. The number of esters is 1. The molecule has 3 aromatic rings. The molecule has 1 aliphatic rings. The lowest BCUT2D eigenvalue weighted by atomic mass is 10.1. The Hall–Kier alpha value is -3.78. The summed E-state index contributed by atoms with van der Waals surface area (Å²) in [4.78, 5) is 34.9. The number of aliphatic imine (C=N–C) groups is 1. The molecule has 31 heavy (non-hydrogen) atoms. The number of rotatable bonds is 5. The van der Waals surface area contributed by atoms with Gasteiger partial charge in [-0.25, -0.2) is 14.8 Å². The van der Waals surface area contributed by atoms with Crippen LogP contribution >= 0.6 is 11.3 Å². The van der Waals surface area contributed by atoms with Crippen LogP contribution < -0.4 is 9.64 Å². The van der Waals surface area contributed by atoms with Gasteiger partial charge in [-0.1, -0.05) is 23.8 Å². The van der Waals surface area contributed by atoms with Crippen molar-refractivity contribution in [2.75, 3.05) is 12.0 Å². The summed E-state index contributed by atoms with van der Waals surface area (Å²) in [5.74, 6) is 0.158. The first-order valence-corrected chi connectivity index (χ1v) is 10.3. The molecule has 0 bridgehead atoms. The minimum atomic E-state index is -0.540. The topological polar surface area (TPSA) is 81.1 Å². The van der Waals surface area contributed by atoms with Crippen LogP contribution in [-0.2, 0) is 14.3 Å². The lowest BCUT2D eigenvalue weighted by Gasteiger charge is -2.18. The Morgan fingerprint density at radius 2 is 1.97 bits per heavy atom. The van der Waals surface area contributed by atoms with Crippen molar-refractivity contribution in [1.29, 1.82) is 0 Å². The number of methoxy groups -OCH3 is 1. The van der Waals surface area contributed by atoms with Gasteiger partial charge in [-0.2, -0.15) is 0 Å². The maximum absolute atomic E-state index is 12.3. The van der Waals surface area contributed by atoms with Gasteiger partial charge in [0.2, 0.25) is 11.8 Å². The Morgan fingerprint density at radius 1 is 1.19 bits per heavy atom. The van der Waals surface area contributed by atoms with Gasteiger partial charge in [-0.3, -0.25) is 9.69 Å². The summed E-state index contributed by atoms with van der Waals surface area (Å²) >= 11 is 1.29. The second-order valence-electron chi connectivity index (χ2n) is 6.81. The summed E-state index contributed by atoms with van der Waals surface area (Å²) in [6.07, 6.45) is 1.55. The predicted molar refractivity (Wildman–Crippen MR) is 120 cm³/mol. The Balaban J connectivity index is 1.63. The number of hydrogen-bond acceptors (Lipinski definition) is 7. The van der Waals surface area contributed by atoms with Crippen LogP contribution in [0.1, 0.15) is 23.7 Å². The number of anilines is 2. The molecule has 2 aromatic carbocycles. The molecule has 1 aromatic heterocycles. The number of hydrogen-bond donors (Lipinski definition) is 0. The van der Waals surface area contributed by atoms with E-state index in [0.717, 1.165) is 11.1 Å². The average Bonchev–Trinajstić information content (AvgIpc) is 3.36. The molecule has 4 rings (SSSR count). The summed E-state index contributed by atoms with van der Waals surface area (Å²) in [5.41, 5.74) is 3.13. The van der Waals surface area contributed by atoms with Crippen molar-refractivity contribution in [3.63, 3.8) is 0 Å². The molecule has 8 heteroatoms. The molecule has 156 valence electrons. The van der Waals surface area contributed by atoms with Crippen molar-refractivity contribution in [2.24, 2.45) is 4.99 Å². The third-order valence-corrected chi connectivity index (χ3v) is 5.38. The van der Waals surface area contributed by atoms with E-state index in [-0.39, 0.29) is 17.5 Å². The molecule has 0 saturated carbocycles. The zero-order chi connectivity index (χ0) is 22.0. The Morgan fingerprint density at radius 3 is 2.68 bits per heavy atom. The van der Waals surface area contributed by atoms with Crippen LogP contribution in [-0.4, -0.2) is 29.9 Å². The van der Waals surface area contributed by atoms with Crippen LogP contribution in [0.3, 0.4) is 0 Å². The molecule has 0 radical (unpaired) electrons. The van der Waals surface area contributed by atoms with Gasteiger partial charge in [-0.15, -0.1) is 11.3 Å². The molecule has 0 spiro atoms. The molecular weight excluding hydrogens is 414 g/mol. The van der Waals surface area contributed by atoms with E-state index in [2.05, 4.69) is 9.98 Å². The van der Waals surface area contributed by atoms with E-state index in [1.54, 1.807) is 42.8 Å². The van der Waals surface area contributed by atoms with Gasteiger partial charge in [0.25, 0.3) is 0 Å². The summed E-state index contributed by atoms with van der Waals surface area (Å²) in [5, 5.41) is 2.23. The van der Waals surface area contributed by atoms with Crippen LogP contribution in [0, 0.1) is 6.92 Å². The third-order valence-electron chi connectivity index (χ3n) is 4.53. The number of aromatic nitrogens is 1. The maximum Gasteiger partial charge on any atom is 0.363 e. The summed E-state index contributed by atoms with van der Waals surface area (Å²) in [6.45, 7) is 3.44. The average molecular weight is 433 g/mol. The Labute approximate surface area is 183 Å².